The third-order valence-corrected chi connectivity index (χ3v) is 5.67. The molecule has 3 rings (SSSR count). The average molecular weight is 398 g/mol. The molecule has 3 N–H and O–H groups in total. The van der Waals surface area contributed by atoms with Crippen molar-refractivity contribution in [2.45, 2.75) is 39.0 Å². The number of hydrogen-bond donors (Lipinski definition) is 3. The molecule has 0 fully saturated rings. The van der Waals surface area contributed by atoms with Crippen molar-refractivity contribution in [3.8, 4) is 0 Å². The number of benzene rings is 1. The Hall–Kier alpha value is -2.93. The highest BCUT2D eigenvalue weighted by atomic mass is 32.1. The predicted octanol–water partition coefficient (Wildman–Crippen LogP) is 3.45. The van der Waals surface area contributed by atoms with Crippen molar-refractivity contribution in [3.05, 3.63) is 58.0 Å². The molecule has 0 aliphatic heterocycles. The zero-order valence-electron chi connectivity index (χ0n) is 15.7. The van der Waals surface area contributed by atoms with Gasteiger partial charge < -0.3 is 5.32 Å². The number of carbonyl (C=O) groups is 3. The maximum absolute atomic E-state index is 12.7. The molecule has 28 heavy (non-hydrogen) atoms. The highest BCUT2D eigenvalue weighted by Crippen LogP contribution is 2.37. The second-order valence-corrected chi connectivity index (χ2v) is 7.74. The standard InChI is InChI=1S/C21H23N3O3S/c1-14(25)23-24-20(27)19-16-10-6-3-7-11-17(16)28-21(19)22-18(26)13-12-15-8-4-2-5-9-15/h2,4-5,8-9,12-13H,3,6-7,10-11H2,1H3,(H,22,26)(H,23,25)(H,24,27). The van der Waals surface area contributed by atoms with Crippen LogP contribution < -0.4 is 16.2 Å². The molecule has 0 spiro atoms. The van der Waals surface area contributed by atoms with Gasteiger partial charge in [0.1, 0.15) is 5.00 Å². The number of fused-ring (bicyclic) bond motifs is 1. The van der Waals surface area contributed by atoms with Crippen LogP contribution in [-0.2, 0) is 22.4 Å². The SMILES string of the molecule is CC(=O)NNC(=O)c1c(NC(=O)C=Cc2ccccc2)sc2c1CCCCC2. The van der Waals surface area contributed by atoms with Crippen LogP contribution in [0.3, 0.4) is 0 Å². The smallest absolute Gasteiger partial charge is 0.272 e. The van der Waals surface area contributed by atoms with Crippen LogP contribution in [0, 0.1) is 0 Å². The van der Waals surface area contributed by atoms with Crippen LogP contribution in [0.25, 0.3) is 6.08 Å². The summed E-state index contributed by atoms with van der Waals surface area (Å²) in [4.78, 5) is 37.4. The maximum atomic E-state index is 12.7. The summed E-state index contributed by atoms with van der Waals surface area (Å²) in [6.07, 6.45) is 8.07. The minimum Gasteiger partial charge on any atom is -0.313 e. The van der Waals surface area contributed by atoms with Gasteiger partial charge in [-0.05, 0) is 42.9 Å². The van der Waals surface area contributed by atoms with E-state index in [2.05, 4.69) is 16.2 Å². The summed E-state index contributed by atoms with van der Waals surface area (Å²) in [5.41, 5.74) is 7.10. The van der Waals surface area contributed by atoms with Gasteiger partial charge in [-0.2, -0.15) is 0 Å². The minimum absolute atomic E-state index is 0.297. The van der Waals surface area contributed by atoms with Crippen LogP contribution in [0.5, 0.6) is 0 Å². The molecule has 7 heteroatoms. The van der Waals surface area contributed by atoms with E-state index in [1.165, 1.54) is 24.3 Å². The lowest BCUT2D eigenvalue weighted by atomic mass is 10.1. The van der Waals surface area contributed by atoms with Crippen LogP contribution in [-0.4, -0.2) is 17.7 Å². The van der Waals surface area contributed by atoms with E-state index in [-0.39, 0.29) is 11.8 Å². The first-order chi connectivity index (χ1) is 13.5. The van der Waals surface area contributed by atoms with Gasteiger partial charge in [-0.1, -0.05) is 36.8 Å². The van der Waals surface area contributed by atoms with Crippen LogP contribution in [0.4, 0.5) is 5.00 Å². The first kappa shape index (κ1) is 19.8. The molecule has 1 aliphatic rings. The third-order valence-electron chi connectivity index (χ3n) is 4.46. The summed E-state index contributed by atoms with van der Waals surface area (Å²) < 4.78 is 0. The van der Waals surface area contributed by atoms with E-state index in [0.717, 1.165) is 48.1 Å². The van der Waals surface area contributed by atoms with E-state index in [4.69, 9.17) is 0 Å². The summed E-state index contributed by atoms with van der Waals surface area (Å²) in [6, 6.07) is 9.53. The van der Waals surface area contributed by atoms with Crippen LogP contribution in [0.2, 0.25) is 0 Å². The fourth-order valence-corrected chi connectivity index (χ4v) is 4.46. The normalized spacial score (nSPS) is 13.5. The van der Waals surface area contributed by atoms with E-state index in [9.17, 15) is 14.4 Å². The minimum atomic E-state index is -0.406. The lowest BCUT2D eigenvalue weighted by Gasteiger charge is -2.09. The molecule has 1 aromatic carbocycles. The Morgan fingerprint density at radius 1 is 1.00 bits per heavy atom. The number of hydrazine groups is 1. The average Bonchev–Trinajstić information content (AvgIpc) is 2.85. The Kier molecular flexibility index (Phi) is 6.60. The summed E-state index contributed by atoms with van der Waals surface area (Å²) in [5, 5.41) is 3.37. The Morgan fingerprint density at radius 3 is 2.50 bits per heavy atom. The maximum Gasteiger partial charge on any atom is 0.272 e. The summed E-state index contributed by atoms with van der Waals surface area (Å²) in [7, 11) is 0. The number of rotatable bonds is 4. The molecule has 0 radical (unpaired) electrons. The molecular formula is C21H23N3O3S. The van der Waals surface area contributed by atoms with Crippen molar-refractivity contribution in [2.75, 3.05) is 5.32 Å². The number of hydrogen-bond acceptors (Lipinski definition) is 4. The summed E-state index contributed by atoms with van der Waals surface area (Å²) in [5.74, 6) is -1.06. The van der Waals surface area contributed by atoms with Crippen molar-refractivity contribution < 1.29 is 14.4 Å². The Balaban J connectivity index is 1.82. The summed E-state index contributed by atoms with van der Waals surface area (Å²) in [6.45, 7) is 1.32. The van der Waals surface area contributed by atoms with E-state index in [1.54, 1.807) is 6.08 Å². The molecule has 146 valence electrons. The van der Waals surface area contributed by atoms with Gasteiger partial charge in [-0.15, -0.1) is 11.3 Å². The van der Waals surface area contributed by atoms with Crippen molar-refractivity contribution in [1.29, 1.82) is 0 Å². The molecule has 1 aromatic heterocycles. The van der Waals surface area contributed by atoms with Gasteiger partial charge in [0, 0.05) is 17.9 Å². The third kappa shape index (κ3) is 5.07. The fraction of sp³-hybridized carbons (Fsp3) is 0.286. The van der Waals surface area contributed by atoms with E-state index in [0.29, 0.717) is 10.6 Å². The van der Waals surface area contributed by atoms with Gasteiger partial charge >= 0.3 is 0 Å². The van der Waals surface area contributed by atoms with Crippen molar-refractivity contribution in [1.82, 2.24) is 10.9 Å². The fourth-order valence-electron chi connectivity index (χ4n) is 3.17. The zero-order chi connectivity index (χ0) is 19.9. The van der Waals surface area contributed by atoms with E-state index < -0.39 is 5.91 Å². The topological polar surface area (TPSA) is 87.3 Å². The largest absolute Gasteiger partial charge is 0.313 e. The van der Waals surface area contributed by atoms with Crippen molar-refractivity contribution in [3.63, 3.8) is 0 Å². The van der Waals surface area contributed by atoms with Crippen molar-refractivity contribution >= 4 is 40.1 Å². The number of nitrogens with one attached hydrogen (secondary N) is 3. The van der Waals surface area contributed by atoms with Gasteiger partial charge in [0.05, 0.1) is 5.56 Å². The summed E-state index contributed by atoms with van der Waals surface area (Å²) >= 11 is 1.45. The second-order valence-electron chi connectivity index (χ2n) is 6.64. The highest BCUT2D eigenvalue weighted by Gasteiger charge is 2.25. The van der Waals surface area contributed by atoms with Crippen LogP contribution in [0.1, 0.15) is 52.5 Å². The number of carbonyl (C=O) groups excluding carboxylic acids is 3. The van der Waals surface area contributed by atoms with Crippen molar-refractivity contribution in [2.24, 2.45) is 0 Å². The molecule has 1 heterocycles. The second kappa shape index (κ2) is 9.32. The van der Waals surface area contributed by atoms with Gasteiger partial charge in [-0.25, -0.2) is 0 Å². The van der Waals surface area contributed by atoms with Gasteiger partial charge in [-0.3, -0.25) is 25.2 Å². The highest BCUT2D eigenvalue weighted by molar-refractivity contribution is 7.17. The van der Waals surface area contributed by atoms with Gasteiger partial charge in [0.25, 0.3) is 5.91 Å². The van der Waals surface area contributed by atoms with Gasteiger partial charge in [0.2, 0.25) is 11.8 Å². The zero-order valence-corrected chi connectivity index (χ0v) is 16.5. The number of thiophene rings is 1. The molecule has 0 atom stereocenters. The molecular weight excluding hydrogens is 374 g/mol. The Morgan fingerprint density at radius 2 is 1.75 bits per heavy atom. The molecule has 2 aromatic rings. The number of aryl methyl sites for hydroxylation is 1. The van der Waals surface area contributed by atoms with Gasteiger partial charge in [0.15, 0.2) is 0 Å². The molecule has 0 saturated heterocycles. The van der Waals surface area contributed by atoms with Crippen LogP contribution in [0.15, 0.2) is 36.4 Å². The first-order valence-electron chi connectivity index (χ1n) is 9.30. The molecule has 3 amide bonds. The monoisotopic (exact) mass is 397 g/mol. The predicted molar refractivity (Wildman–Crippen MR) is 111 cm³/mol. The quantitative estimate of drug-likeness (QED) is 0.419. The molecule has 0 bridgehead atoms. The van der Waals surface area contributed by atoms with E-state index >= 15 is 0 Å². The number of amides is 3. The van der Waals surface area contributed by atoms with E-state index in [1.807, 2.05) is 30.3 Å². The lowest BCUT2D eigenvalue weighted by molar-refractivity contribution is -0.119. The molecule has 0 saturated carbocycles. The Labute approximate surface area is 168 Å². The molecule has 0 unspecified atom stereocenters. The number of anilines is 1. The van der Waals surface area contributed by atoms with Crippen LogP contribution >= 0.6 is 11.3 Å². The lowest BCUT2D eigenvalue weighted by Crippen LogP contribution is -2.40. The molecule has 1 aliphatic carbocycles. The Bertz CT molecular complexity index is 903. The molecule has 6 nitrogen and oxygen atoms in total. The first-order valence-corrected chi connectivity index (χ1v) is 10.1.